The van der Waals surface area contributed by atoms with Gasteiger partial charge in [-0.05, 0) is 20.9 Å². The molecule has 11 heavy (non-hydrogen) atoms. The number of hydrogen-bond donors (Lipinski definition) is 1. The number of aromatic nitrogens is 2. The van der Waals surface area contributed by atoms with Crippen LogP contribution in [-0.2, 0) is 0 Å². The summed E-state index contributed by atoms with van der Waals surface area (Å²) in [4.78, 5) is 8.37. The van der Waals surface area contributed by atoms with Gasteiger partial charge in [0.25, 0.3) is 0 Å². The van der Waals surface area contributed by atoms with E-state index in [-0.39, 0.29) is 6.04 Å². The van der Waals surface area contributed by atoms with Crippen molar-refractivity contribution in [2.75, 3.05) is 7.05 Å². The fraction of sp³-hybridized carbons (Fsp3) is 0.500. The predicted octanol–water partition coefficient (Wildman–Crippen LogP) is 1.07. The van der Waals surface area contributed by atoms with E-state index in [1.807, 2.05) is 14.0 Å². The summed E-state index contributed by atoms with van der Waals surface area (Å²) in [6.45, 7) is 3.99. The maximum Gasteiger partial charge on any atom is 0.0753 e. The molecule has 1 atom stereocenters. The van der Waals surface area contributed by atoms with Crippen LogP contribution in [-0.4, -0.2) is 17.0 Å². The van der Waals surface area contributed by atoms with Crippen molar-refractivity contribution < 1.29 is 0 Å². The summed E-state index contributed by atoms with van der Waals surface area (Å²) in [5, 5.41) is 3.10. The maximum atomic E-state index is 4.22. The van der Waals surface area contributed by atoms with Gasteiger partial charge in [-0.2, -0.15) is 0 Å². The van der Waals surface area contributed by atoms with Crippen LogP contribution in [0.3, 0.4) is 0 Å². The average molecular weight is 151 g/mol. The van der Waals surface area contributed by atoms with Gasteiger partial charge in [-0.15, -0.1) is 0 Å². The van der Waals surface area contributed by atoms with Gasteiger partial charge >= 0.3 is 0 Å². The Hall–Kier alpha value is -0.960. The van der Waals surface area contributed by atoms with Gasteiger partial charge < -0.3 is 5.32 Å². The molecule has 0 bridgehead atoms. The van der Waals surface area contributed by atoms with Gasteiger partial charge in [-0.1, -0.05) is 0 Å². The third-order valence-corrected chi connectivity index (χ3v) is 1.68. The lowest BCUT2D eigenvalue weighted by molar-refractivity contribution is 0.628. The fourth-order valence-electron chi connectivity index (χ4n) is 0.774. The van der Waals surface area contributed by atoms with E-state index in [4.69, 9.17) is 0 Å². The average Bonchev–Trinajstić information content (AvgIpc) is 2.05. The van der Waals surface area contributed by atoms with Crippen molar-refractivity contribution >= 4 is 0 Å². The van der Waals surface area contributed by atoms with Crippen molar-refractivity contribution in [3.05, 3.63) is 23.8 Å². The van der Waals surface area contributed by atoms with Crippen LogP contribution >= 0.6 is 0 Å². The molecule has 0 radical (unpaired) electrons. The quantitative estimate of drug-likeness (QED) is 0.687. The molecule has 60 valence electrons. The molecule has 1 heterocycles. The third kappa shape index (κ3) is 1.98. The van der Waals surface area contributed by atoms with Crippen molar-refractivity contribution in [3.63, 3.8) is 0 Å². The van der Waals surface area contributed by atoms with Crippen LogP contribution in [0.15, 0.2) is 12.4 Å². The third-order valence-electron chi connectivity index (χ3n) is 1.68. The van der Waals surface area contributed by atoms with Crippen molar-refractivity contribution in [3.8, 4) is 0 Å². The van der Waals surface area contributed by atoms with Crippen LogP contribution in [0.1, 0.15) is 24.4 Å². The first-order valence-corrected chi connectivity index (χ1v) is 3.70. The molecule has 0 spiro atoms. The van der Waals surface area contributed by atoms with Gasteiger partial charge in [0.05, 0.1) is 17.6 Å². The maximum absolute atomic E-state index is 4.22. The monoisotopic (exact) mass is 151 g/mol. The summed E-state index contributed by atoms with van der Waals surface area (Å²) >= 11 is 0. The molecule has 0 saturated heterocycles. The molecule has 0 unspecified atom stereocenters. The molecular formula is C8H13N3. The van der Waals surface area contributed by atoms with Crippen molar-refractivity contribution in [2.45, 2.75) is 19.9 Å². The Morgan fingerprint density at radius 2 is 2.09 bits per heavy atom. The fourth-order valence-corrected chi connectivity index (χ4v) is 0.774. The number of nitrogens with one attached hydrogen (secondary N) is 1. The normalized spacial score (nSPS) is 13.0. The molecule has 0 fully saturated rings. The summed E-state index contributed by atoms with van der Waals surface area (Å²) in [7, 11) is 1.91. The van der Waals surface area contributed by atoms with E-state index in [2.05, 4.69) is 22.2 Å². The standard InChI is InChI=1S/C8H13N3/c1-6-4-11-8(5-10-6)7(2)9-3/h4-5,7,9H,1-3H3/t7-/m1/s1. The van der Waals surface area contributed by atoms with Gasteiger partial charge in [-0.3, -0.25) is 9.97 Å². The summed E-state index contributed by atoms with van der Waals surface area (Å²) in [6.07, 6.45) is 3.58. The molecule has 1 N–H and O–H groups in total. The van der Waals surface area contributed by atoms with E-state index < -0.39 is 0 Å². The van der Waals surface area contributed by atoms with Crippen LogP contribution in [0.5, 0.6) is 0 Å². The van der Waals surface area contributed by atoms with Gasteiger partial charge in [0.15, 0.2) is 0 Å². The Balaban J connectivity index is 2.81. The van der Waals surface area contributed by atoms with Gasteiger partial charge in [-0.25, -0.2) is 0 Å². The molecular weight excluding hydrogens is 138 g/mol. The van der Waals surface area contributed by atoms with E-state index in [1.165, 1.54) is 0 Å². The largest absolute Gasteiger partial charge is 0.312 e. The second kappa shape index (κ2) is 3.44. The molecule has 1 aromatic rings. The van der Waals surface area contributed by atoms with Crippen molar-refractivity contribution in [1.82, 2.24) is 15.3 Å². The zero-order valence-corrected chi connectivity index (χ0v) is 7.13. The zero-order valence-electron chi connectivity index (χ0n) is 7.13. The summed E-state index contributed by atoms with van der Waals surface area (Å²) in [6, 6.07) is 0.281. The first-order valence-electron chi connectivity index (χ1n) is 3.70. The zero-order chi connectivity index (χ0) is 8.27. The lowest BCUT2D eigenvalue weighted by Crippen LogP contribution is -2.14. The highest BCUT2D eigenvalue weighted by molar-refractivity contribution is 5.04. The number of nitrogens with zero attached hydrogens (tertiary/aromatic N) is 2. The molecule has 1 rings (SSSR count). The Morgan fingerprint density at radius 3 is 2.55 bits per heavy atom. The molecule has 0 aliphatic heterocycles. The lowest BCUT2D eigenvalue weighted by Gasteiger charge is -2.07. The lowest BCUT2D eigenvalue weighted by atomic mass is 10.2. The predicted molar refractivity (Wildman–Crippen MR) is 44.2 cm³/mol. The van der Waals surface area contributed by atoms with E-state index in [9.17, 15) is 0 Å². The van der Waals surface area contributed by atoms with Crippen LogP contribution in [0.4, 0.5) is 0 Å². The number of aryl methyl sites for hydroxylation is 1. The Labute approximate surface area is 66.9 Å². The van der Waals surface area contributed by atoms with Gasteiger partial charge in [0, 0.05) is 12.2 Å². The highest BCUT2D eigenvalue weighted by atomic mass is 14.9. The van der Waals surface area contributed by atoms with Crippen molar-refractivity contribution in [2.24, 2.45) is 0 Å². The van der Waals surface area contributed by atoms with Gasteiger partial charge in [0.2, 0.25) is 0 Å². The topological polar surface area (TPSA) is 37.8 Å². The van der Waals surface area contributed by atoms with Crippen LogP contribution in [0.2, 0.25) is 0 Å². The molecule has 0 aromatic carbocycles. The van der Waals surface area contributed by atoms with Crippen LogP contribution < -0.4 is 5.32 Å². The minimum absolute atomic E-state index is 0.281. The van der Waals surface area contributed by atoms with Crippen molar-refractivity contribution in [1.29, 1.82) is 0 Å². The molecule has 1 aromatic heterocycles. The van der Waals surface area contributed by atoms with E-state index in [0.717, 1.165) is 11.4 Å². The van der Waals surface area contributed by atoms with Crippen LogP contribution in [0.25, 0.3) is 0 Å². The number of rotatable bonds is 2. The smallest absolute Gasteiger partial charge is 0.0753 e. The summed E-state index contributed by atoms with van der Waals surface area (Å²) in [5.41, 5.74) is 1.94. The van der Waals surface area contributed by atoms with E-state index >= 15 is 0 Å². The summed E-state index contributed by atoms with van der Waals surface area (Å²) < 4.78 is 0. The molecule has 0 aliphatic carbocycles. The second-order valence-corrected chi connectivity index (χ2v) is 2.59. The summed E-state index contributed by atoms with van der Waals surface area (Å²) in [5.74, 6) is 0. The molecule has 0 aliphatic rings. The first-order chi connectivity index (χ1) is 5.24. The molecule has 3 nitrogen and oxygen atoms in total. The highest BCUT2D eigenvalue weighted by Gasteiger charge is 2.02. The molecule has 0 amide bonds. The minimum Gasteiger partial charge on any atom is -0.312 e. The SMILES string of the molecule is CN[C@H](C)c1cnc(C)cn1. The molecule has 3 heteroatoms. The van der Waals surface area contributed by atoms with Crippen LogP contribution in [0, 0.1) is 6.92 Å². The Kier molecular flexibility index (Phi) is 2.54. The molecule has 0 saturated carbocycles. The Bertz CT molecular complexity index is 217. The highest BCUT2D eigenvalue weighted by Crippen LogP contribution is 2.05. The first kappa shape index (κ1) is 8.14. The Morgan fingerprint density at radius 1 is 1.36 bits per heavy atom. The van der Waals surface area contributed by atoms with E-state index in [1.54, 1.807) is 12.4 Å². The number of hydrogen-bond acceptors (Lipinski definition) is 3. The minimum atomic E-state index is 0.281. The van der Waals surface area contributed by atoms with E-state index in [0.29, 0.717) is 0 Å². The van der Waals surface area contributed by atoms with Gasteiger partial charge in [0.1, 0.15) is 0 Å². The second-order valence-electron chi connectivity index (χ2n) is 2.59.